The minimum atomic E-state index is -0.210. The minimum Gasteiger partial charge on any atom is -0.315 e. The molecule has 0 spiro atoms. The quantitative estimate of drug-likeness (QED) is 0.703. The van der Waals surface area contributed by atoms with Gasteiger partial charge in [0.25, 0.3) is 0 Å². The van der Waals surface area contributed by atoms with Crippen molar-refractivity contribution in [1.82, 2.24) is 14.8 Å². The molecule has 114 valence electrons. The number of rotatable bonds is 5. The summed E-state index contributed by atoms with van der Waals surface area (Å²) in [7, 11) is 2.07. The predicted octanol–water partition coefficient (Wildman–Crippen LogP) is 2.48. The second-order valence-corrected chi connectivity index (χ2v) is 6.49. The third-order valence-electron chi connectivity index (χ3n) is 3.28. The summed E-state index contributed by atoms with van der Waals surface area (Å²) in [5, 5.41) is 5.25. The van der Waals surface area contributed by atoms with Gasteiger partial charge in [0.1, 0.15) is 12.4 Å². The van der Waals surface area contributed by atoms with Gasteiger partial charge in [0.05, 0.1) is 11.9 Å². The molecular weight excluding hydrogens is 319 g/mol. The number of nitrogens with one attached hydrogen (secondary N) is 2. The average Bonchev–Trinajstić information content (AvgIpc) is 3.12. The van der Waals surface area contributed by atoms with Gasteiger partial charge in [-0.25, -0.2) is 9.07 Å². The number of thiophene rings is 1. The first kappa shape index (κ1) is 15.1. The number of aromatic nitrogens is 3. The standard InChI is InChI=1S/C15H15FN4S2/c1-19(9-11-4-6-12(16)7-5-11)10-20-15(21)17-14(18-20)13-3-2-8-22-13/h2-8H,9-10H2,1H3,(H,17,18,21)/p+1. The molecular formula is C15H16FN4S2+. The van der Waals surface area contributed by atoms with E-state index in [0.717, 1.165) is 22.8 Å². The van der Waals surface area contributed by atoms with E-state index in [2.05, 4.69) is 17.1 Å². The Hall–Kier alpha value is -1.83. The van der Waals surface area contributed by atoms with Crippen molar-refractivity contribution in [3.8, 4) is 10.7 Å². The van der Waals surface area contributed by atoms with Crippen molar-refractivity contribution in [3.05, 3.63) is 57.9 Å². The zero-order valence-corrected chi connectivity index (χ0v) is 13.7. The van der Waals surface area contributed by atoms with E-state index in [1.807, 2.05) is 34.3 Å². The molecule has 0 aliphatic heterocycles. The molecule has 0 radical (unpaired) electrons. The second-order valence-electron chi connectivity index (χ2n) is 5.18. The molecule has 0 amide bonds. The topological polar surface area (TPSA) is 38.0 Å². The van der Waals surface area contributed by atoms with Gasteiger partial charge < -0.3 is 4.90 Å². The van der Waals surface area contributed by atoms with Crippen LogP contribution in [0.2, 0.25) is 0 Å². The molecule has 0 aliphatic rings. The molecule has 0 saturated heterocycles. The SMILES string of the molecule is C[NH+](Cc1ccc(F)cc1)Cn1[nH]c(-c2cccs2)nc1=S. The van der Waals surface area contributed by atoms with Gasteiger partial charge in [-0.2, -0.15) is 4.98 Å². The number of nitrogens with zero attached hydrogens (tertiary/aromatic N) is 2. The van der Waals surface area contributed by atoms with E-state index in [1.54, 1.807) is 11.3 Å². The summed E-state index contributed by atoms with van der Waals surface area (Å²) in [6.07, 6.45) is 0. The Bertz CT molecular complexity index is 790. The van der Waals surface area contributed by atoms with Crippen LogP contribution in [0.5, 0.6) is 0 Å². The molecule has 1 unspecified atom stereocenters. The van der Waals surface area contributed by atoms with Crippen LogP contribution in [0.3, 0.4) is 0 Å². The average molecular weight is 335 g/mol. The maximum absolute atomic E-state index is 12.9. The molecule has 2 heterocycles. The fourth-order valence-electron chi connectivity index (χ4n) is 2.26. The smallest absolute Gasteiger partial charge is 0.221 e. The maximum atomic E-state index is 12.9. The van der Waals surface area contributed by atoms with Crippen molar-refractivity contribution < 1.29 is 9.29 Å². The summed E-state index contributed by atoms with van der Waals surface area (Å²) in [6.45, 7) is 1.46. The summed E-state index contributed by atoms with van der Waals surface area (Å²) < 4.78 is 15.3. The van der Waals surface area contributed by atoms with Crippen LogP contribution in [0.25, 0.3) is 10.7 Å². The van der Waals surface area contributed by atoms with Gasteiger partial charge in [0.15, 0.2) is 12.5 Å². The normalized spacial score (nSPS) is 12.5. The van der Waals surface area contributed by atoms with Crippen molar-refractivity contribution in [2.75, 3.05) is 7.05 Å². The van der Waals surface area contributed by atoms with E-state index in [9.17, 15) is 4.39 Å². The first-order valence-electron chi connectivity index (χ1n) is 6.88. The highest BCUT2D eigenvalue weighted by molar-refractivity contribution is 7.71. The maximum Gasteiger partial charge on any atom is 0.221 e. The summed E-state index contributed by atoms with van der Waals surface area (Å²) in [5.74, 6) is 0.590. The highest BCUT2D eigenvalue weighted by Gasteiger charge is 2.10. The number of quaternary nitrogens is 1. The van der Waals surface area contributed by atoms with Gasteiger partial charge in [0, 0.05) is 5.56 Å². The molecule has 1 atom stereocenters. The molecule has 3 rings (SSSR count). The molecule has 0 saturated carbocycles. The Labute approximate surface area is 136 Å². The van der Waals surface area contributed by atoms with Crippen LogP contribution in [-0.2, 0) is 13.2 Å². The Morgan fingerprint density at radius 3 is 2.77 bits per heavy atom. The van der Waals surface area contributed by atoms with Gasteiger partial charge in [0.2, 0.25) is 4.77 Å². The predicted molar refractivity (Wildman–Crippen MR) is 87.7 cm³/mol. The Morgan fingerprint density at radius 2 is 2.09 bits per heavy atom. The molecule has 4 nitrogen and oxygen atoms in total. The number of hydrogen-bond donors (Lipinski definition) is 2. The third kappa shape index (κ3) is 3.49. The lowest BCUT2D eigenvalue weighted by atomic mass is 10.2. The first-order valence-corrected chi connectivity index (χ1v) is 8.17. The monoisotopic (exact) mass is 335 g/mol. The van der Waals surface area contributed by atoms with Crippen molar-refractivity contribution in [1.29, 1.82) is 0 Å². The number of H-pyrrole nitrogens is 1. The lowest BCUT2D eigenvalue weighted by Crippen LogP contribution is -3.07. The number of benzene rings is 1. The molecule has 0 aliphatic carbocycles. The Kier molecular flexibility index (Phi) is 4.47. The van der Waals surface area contributed by atoms with E-state index in [0.29, 0.717) is 11.4 Å². The Morgan fingerprint density at radius 1 is 1.32 bits per heavy atom. The van der Waals surface area contributed by atoms with Crippen LogP contribution in [0, 0.1) is 10.6 Å². The van der Waals surface area contributed by atoms with E-state index in [-0.39, 0.29) is 5.82 Å². The summed E-state index contributed by atoms with van der Waals surface area (Å²) in [5.41, 5.74) is 1.09. The third-order valence-corrected chi connectivity index (χ3v) is 4.47. The molecule has 0 fully saturated rings. The van der Waals surface area contributed by atoms with Crippen LogP contribution in [0.15, 0.2) is 41.8 Å². The number of halogens is 1. The highest BCUT2D eigenvalue weighted by Crippen LogP contribution is 2.20. The molecule has 7 heteroatoms. The summed E-state index contributed by atoms with van der Waals surface area (Å²) >= 11 is 6.93. The zero-order chi connectivity index (χ0) is 15.5. The largest absolute Gasteiger partial charge is 0.315 e. The van der Waals surface area contributed by atoms with E-state index < -0.39 is 0 Å². The number of aromatic amines is 1. The molecule has 22 heavy (non-hydrogen) atoms. The van der Waals surface area contributed by atoms with Gasteiger partial charge in [-0.1, -0.05) is 18.2 Å². The van der Waals surface area contributed by atoms with Crippen molar-refractivity contribution in [2.24, 2.45) is 0 Å². The van der Waals surface area contributed by atoms with Crippen LogP contribution in [0.4, 0.5) is 4.39 Å². The van der Waals surface area contributed by atoms with E-state index in [4.69, 9.17) is 12.2 Å². The van der Waals surface area contributed by atoms with Crippen LogP contribution in [-0.4, -0.2) is 21.8 Å². The van der Waals surface area contributed by atoms with Gasteiger partial charge in [-0.3, -0.25) is 5.10 Å². The number of hydrogen-bond acceptors (Lipinski definition) is 3. The van der Waals surface area contributed by atoms with Crippen molar-refractivity contribution >= 4 is 23.6 Å². The zero-order valence-electron chi connectivity index (χ0n) is 12.0. The molecule has 2 aromatic heterocycles. The van der Waals surface area contributed by atoms with Crippen molar-refractivity contribution in [3.63, 3.8) is 0 Å². The van der Waals surface area contributed by atoms with Gasteiger partial charge in [-0.15, -0.1) is 11.3 Å². The van der Waals surface area contributed by atoms with E-state index in [1.165, 1.54) is 17.0 Å². The lowest BCUT2D eigenvalue weighted by Gasteiger charge is -2.14. The summed E-state index contributed by atoms with van der Waals surface area (Å²) in [4.78, 5) is 6.69. The Balaban J connectivity index is 1.70. The fourth-order valence-corrected chi connectivity index (χ4v) is 3.13. The molecule has 3 aromatic rings. The second kappa shape index (κ2) is 6.51. The minimum absolute atomic E-state index is 0.210. The molecule has 0 bridgehead atoms. The fraction of sp³-hybridized carbons (Fsp3) is 0.200. The lowest BCUT2D eigenvalue weighted by molar-refractivity contribution is -0.917. The first-order chi connectivity index (χ1) is 10.6. The molecule has 2 N–H and O–H groups in total. The van der Waals surface area contributed by atoms with Gasteiger partial charge in [-0.05, 0) is 35.8 Å². The van der Waals surface area contributed by atoms with Crippen molar-refractivity contribution in [2.45, 2.75) is 13.2 Å². The van der Waals surface area contributed by atoms with Crippen LogP contribution >= 0.6 is 23.6 Å². The molecule has 1 aromatic carbocycles. The highest BCUT2D eigenvalue weighted by atomic mass is 32.1. The summed E-state index contributed by atoms with van der Waals surface area (Å²) in [6, 6.07) is 10.6. The van der Waals surface area contributed by atoms with Crippen LogP contribution < -0.4 is 4.90 Å². The van der Waals surface area contributed by atoms with E-state index >= 15 is 0 Å². The van der Waals surface area contributed by atoms with Crippen LogP contribution in [0.1, 0.15) is 5.56 Å². The van der Waals surface area contributed by atoms with Gasteiger partial charge >= 0.3 is 0 Å².